The number of carbonyl (C=O) groups excluding carboxylic acids is 1. The number of imidazole rings is 1. The van der Waals surface area contributed by atoms with Crippen LogP contribution in [0.2, 0.25) is 4.71 Å². The molecule has 1 aliphatic heterocycles. The Labute approximate surface area is 223 Å². The maximum absolute atomic E-state index is 12.7. The molecule has 197 valence electrons. The zero-order valence-corrected chi connectivity index (χ0v) is 23.6. The number of aliphatic hydroxyl groups is 1. The monoisotopic (exact) mass is 568 g/mol. The molecule has 1 aliphatic carbocycles. The van der Waals surface area contributed by atoms with E-state index in [1.807, 2.05) is 19.2 Å². The number of nitrogens with zero attached hydrogens (tertiary/aromatic N) is 3. The maximum atomic E-state index is 12.7. The summed E-state index contributed by atoms with van der Waals surface area (Å²) in [6, 6.07) is 8.18. The first-order chi connectivity index (χ1) is 17.8. The number of hydrogen-bond donors (Lipinski definition) is 1. The van der Waals surface area contributed by atoms with Crippen LogP contribution in [0.3, 0.4) is 0 Å². The van der Waals surface area contributed by atoms with Crippen molar-refractivity contribution in [2.24, 2.45) is 7.05 Å². The average Bonchev–Trinajstić information content (AvgIpc) is 3.47. The molecule has 0 amide bonds. The summed E-state index contributed by atoms with van der Waals surface area (Å²) in [4.78, 5) is 30.0. The van der Waals surface area contributed by atoms with Gasteiger partial charge in [-0.15, -0.1) is 0 Å². The molecule has 2 fully saturated rings. The first-order valence-electron chi connectivity index (χ1n) is 13.1. The summed E-state index contributed by atoms with van der Waals surface area (Å²) in [6.07, 6.45) is 6.33. The zero-order chi connectivity index (χ0) is 26.1. The van der Waals surface area contributed by atoms with Crippen LogP contribution >= 0.6 is 0 Å². The Hall–Kier alpha value is -2.41. The number of fused-ring (bicyclic) bond motifs is 1. The van der Waals surface area contributed by atoms with Crippen molar-refractivity contribution in [3.05, 3.63) is 51.9 Å². The molecule has 1 saturated carbocycles. The van der Waals surface area contributed by atoms with E-state index in [0.717, 1.165) is 71.9 Å². The van der Waals surface area contributed by atoms with Crippen molar-refractivity contribution in [1.29, 1.82) is 0 Å². The second-order valence-electron chi connectivity index (χ2n) is 10.3. The van der Waals surface area contributed by atoms with E-state index in [2.05, 4.69) is 22.8 Å². The number of aryl methyl sites for hydroxylation is 2. The fourth-order valence-electron chi connectivity index (χ4n) is 5.02. The Morgan fingerprint density at radius 3 is 2.73 bits per heavy atom. The van der Waals surface area contributed by atoms with Gasteiger partial charge in [-0.1, -0.05) is 0 Å². The summed E-state index contributed by atoms with van der Waals surface area (Å²) in [5, 5.41) is 11.0. The topological polar surface area (TPSA) is 95.6 Å². The van der Waals surface area contributed by atoms with Gasteiger partial charge in [-0.2, -0.15) is 0 Å². The molecule has 3 atom stereocenters. The van der Waals surface area contributed by atoms with Crippen molar-refractivity contribution >= 4 is 32.8 Å². The quantitative estimate of drug-likeness (QED) is 0.314. The van der Waals surface area contributed by atoms with Crippen LogP contribution in [0.25, 0.3) is 22.4 Å². The van der Waals surface area contributed by atoms with Crippen LogP contribution in [-0.4, -0.2) is 65.9 Å². The van der Waals surface area contributed by atoms with Crippen LogP contribution in [0.5, 0.6) is 0 Å². The van der Waals surface area contributed by atoms with Gasteiger partial charge in [-0.05, 0) is 0 Å². The summed E-state index contributed by atoms with van der Waals surface area (Å²) in [7, 11) is 1.77. The molecule has 3 aromatic rings. The van der Waals surface area contributed by atoms with Gasteiger partial charge in [0.15, 0.2) is 0 Å². The molecule has 2 aliphatic rings. The fraction of sp³-hybridized carbons (Fsp3) is 0.536. The van der Waals surface area contributed by atoms with Gasteiger partial charge in [0.2, 0.25) is 0 Å². The number of hydrogen-bond acceptors (Lipinski definition) is 6. The number of rotatable bonds is 9. The third-order valence-corrected chi connectivity index (χ3v) is 10.7. The van der Waals surface area contributed by atoms with Gasteiger partial charge in [-0.25, -0.2) is 0 Å². The van der Waals surface area contributed by atoms with Crippen molar-refractivity contribution in [3.63, 3.8) is 0 Å². The number of aliphatic hydroxyl groups excluding tert-OH is 1. The van der Waals surface area contributed by atoms with Crippen LogP contribution in [0.4, 0.5) is 0 Å². The molecule has 1 aromatic carbocycles. The minimum atomic E-state index is -0.721. The molecule has 1 N–H and O–H groups in total. The third-order valence-electron chi connectivity index (χ3n) is 7.35. The summed E-state index contributed by atoms with van der Waals surface area (Å²) < 4.78 is 14.9. The SMILES string of the molecule is Cc1cc(-c2nc3cc(C[As][C@H](C(=O)OC4CCC4)[C@H](C)O)ccc3n2C[C@@H]2CCCO2)cn(C)c1=O. The van der Waals surface area contributed by atoms with Crippen molar-refractivity contribution in [2.75, 3.05) is 6.61 Å². The molecule has 5 rings (SSSR count). The Morgan fingerprint density at radius 2 is 2.08 bits per heavy atom. The molecular weight excluding hydrogens is 533 g/mol. The van der Waals surface area contributed by atoms with E-state index in [0.29, 0.717) is 12.1 Å². The minimum absolute atomic E-state index is 0.0142. The van der Waals surface area contributed by atoms with E-state index in [4.69, 9.17) is 14.5 Å². The van der Waals surface area contributed by atoms with E-state index in [-0.39, 0.29) is 23.7 Å². The summed E-state index contributed by atoms with van der Waals surface area (Å²) in [6.45, 7) is 5.00. The number of ether oxygens (including phenoxy) is 2. The Bertz CT molecular complexity index is 1310. The molecule has 0 spiro atoms. The van der Waals surface area contributed by atoms with Crippen LogP contribution in [-0.2, 0) is 33.1 Å². The number of aromatic nitrogens is 3. The first-order valence-corrected chi connectivity index (χ1v) is 15.5. The predicted octanol–water partition coefficient (Wildman–Crippen LogP) is 3.36. The van der Waals surface area contributed by atoms with Gasteiger partial charge in [0.25, 0.3) is 0 Å². The first kappa shape index (κ1) is 26.2. The Morgan fingerprint density at radius 1 is 1.27 bits per heavy atom. The van der Waals surface area contributed by atoms with E-state index in [1.54, 1.807) is 18.5 Å². The van der Waals surface area contributed by atoms with Crippen LogP contribution < -0.4 is 5.56 Å². The van der Waals surface area contributed by atoms with E-state index in [9.17, 15) is 14.7 Å². The molecule has 37 heavy (non-hydrogen) atoms. The molecule has 0 unspecified atom stereocenters. The fourth-order valence-corrected chi connectivity index (χ4v) is 7.37. The molecule has 3 heterocycles. The van der Waals surface area contributed by atoms with Gasteiger partial charge in [-0.3, -0.25) is 0 Å². The number of esters is 1. The van der Waals surface area contributed by atoms with E-state index in [1.165, 1.54) is 0 Å². The van der Waals surface area contributed by atoms with Gasteiger partial charge in [0, 0.05) is 0 Å². The number of pyridine rings is 1. The van der Waals surface area contributed by atoms with Crippen molar-refractivity contribution in [3.8, 4) is 11.4 Å². The van der Waals surface area contributed by atoms with Crippen molar-refractivity contribution in [1.82, 2.24) is 14.1 Å². The molecule has 9 heteroatoms. The Balaban J connectivity index is 1.43. The van der Waals surface area contributed by atoms with Gasteiger partial charge in [0.05, 0.1) is 0 Å². The summed E-state index contributed by atoms with van der Waals surface area (Å²) >= 11 is -0.484. The summed E-state index contributed by atoms with van der Waals surface area (Å²) in [5.41, 5.74) is 4.56. The molecule has 1 radical (unpaired) electrons. The van der Waals surface area contributed by atoms with Crippen LogP contribution in [0.15, 0.2) is 35.3 Å². The van der Waals surface area contributed by atoms with Gasteiger partial charge >= 0.3 is 224 Å². The Kier molecular flexibility index (Phi) is 7.89. The second kappa shape index (κ2) is 11.1. The molecule has 2 aromatic heterocycles. The summed E-state index contributed by atoms with van der Waals surface area (Å²) in [5.74, 6) is 0.564. The van der Waals surface area contributed by atoms with Crippen molar-refractivity contribution < 1.29 is 19.4 Å². The van der Waals surface area contributed by atoms with Gasteiger partial charge < -0.3 is 0 Å². The molecule has 8 nitrogen and oxygen atoms in total. The molecule has 1 saturated heterocycles. The zero-order valence-electron chi connectivity index (χ0n) is 21.7. The third kappa shape index (κ3) is 5.71. The van der Waals surface area contributed by atoms with Crippen molar-refractivity contribution in [2.45, 2.75) is 80.7 Å². The molecule has 0 bridgehead atoms. The van der Waals surface area contributed by atoms with Gasteiger partial charge in [0.1, 0.15) is 0 Å². The van der Waals surface area contributed by atoms with E-state index < -0.39 is 26.6 Å². The van der Waals surface area contributed by atoms with Crippen LogP contribution in [0.1, 0.15) is 50.2 Å². The number of carbonyl (C=O) groups is 1. The predicted molar refractivity (Wildman–Crippen MR) is 143 cm³/mol. The standard InChI is InChI=1S/C28H35AsN3O5/c1-17-12-20(15-31(3)27(17)34)26-30-23-13-19(9-10-24(23)32(26)16-22-8-5-11-36-22)14-29-25(18(2)33)28(35)37-21-6-4-7-21/h9-10,12-13,15,18,21-22,25,33H,4-8,11,14,16H2,1-3H3/t18-,22-,25-/m0/s1. The number of benzene rings is 1. The average molecular weight is 569 g/mol. The van der Waals surface area contributed by atoms with Crippen LogP contribution in [0, 0.1) is 6.92 Å². The van der Waals surface area contributed by atoms with E-state index >= 15 is 0 Å². The second-order valence-corrected chi connectivity index (χ2v) is 12.9. The molecular formula is C28H35AsN3O5. The normalized spacial score (nSPS) is 19.9.